The van der Waals surface area contributed by atoms with Crippen molar-refractivity contribution in [3.05, 3.63) is 53.5 Å². The summed E-state index contributed by atoms with van der Waals surface area (Å²) in [6.07, 6.45) is 4.43. The van der Waals surface area contributed by atoms with E-state index in [0.717, 1.165) is 16.6 Å². The Balaban J connectivity index is 2.72. The number of thiocarbonyl (C=S) groups is 1. The van der Waals surface area contributed by atoms with Crippen molar-refractivity contribution >= 4 is 39.2 Å². The third-order valence-corrected chi connectivity index (χ3v) is 4.33. The number of carbonyl (C=O) groups is 1. The van der Waals surface area contributed by atoms with Crippen LogP contribution in [0.25, 0.3) is 0 Å². The van der Waals surface area contributed by atoms with Crippen molar-refractivity contribution in [1.82, 2.24) is 10.2 Å². The summed E-state index contributed by atoms with van der Waals surface area (Å²) in [5, 5.41) is 3.08. The van der Waals surface area contributed by atoms with E-state index >= 15 is 0 Å². The van der Waals surface area contributed by atoms with E-state index in [4.69, 9.17) is 17.0 Å². The molecule has 0 heterocycles. The number of carbonyl (C=O) groups excluding carboxylic acids is 1. The Morgan fingerprint density at radius 3 is 2.52 bits per heavy atom. The molecule has 136 valence electrons. The van der Waals surface area contributed by atoms with E-state index in [-0.39, 0.29) is 5.91 Å². The van der Waals surface area contributed by atoms with Gasteiger partial charge in [0.25, 0.3) is 5.91 Å². The molecule has 1 aromatic carbocycles. The molecule has 0 aliphatic heterocycles. The quantitative estimate of drug-likeness (QED) is 0.465. The number of ether oxygens (including phenoxy) is 1. The number of nitrogens with zero attached hydrogens (tertiary/aromatic N) is 1. The SMILES string of the molecule is C=CCN(CC=C)C(=S)NC(=O)c1ccc(OCCC(C)C)c(Br)c1. The summed E-state index contributed by atoms with van der Waals surface area (Å²) >= 11 is 8.74. The van der Waals surface area contributed by atoms with Gasteiger partial charge >= 0.3 is 0 Å². The third kappa shape index (κ3) is 7.40. The minimum Gasteiger partial charge on any atom is -0.492 e. The molecule has 6 heteroatoms. The summed E-state index contributed by atoms with van der Waals surface area (Å²) in [5.41, 5.74) is 0.502. The second kappa shape index (κ2) is 11.1. The predicted molar refractivity (Wildman–Crippen MR) is 111 cm³/mol. The van der Waals surface area contributed by atoms with Crippen LogP contribution in [0.1, 0.15) is 30.6 Å². The van der Waals surface area contributed by atoms with Crippen LogP contribution >= 0.6 is 28.1 Å². The summed E-state index contributed by atoms with van der Waals surface area (Å²) in [4.78, 5) is 14.2. The van der Waals surface area contributed by atoms with Crippen LogP contribution in [-0.4, -0.2) is 35.6 Å². The average molecular weight is 425 g/mol. The fourth-order valence-electron chi connectivity index (χ4n) is 1.96. The maximum Gasteiger partial charge on any atom is 0.257 e. The van der Waals surface area contributed by atoms with Gasteiger partial charge in [-0.25, -0.2) is 0 Å². The van der Waals surface area contributed by atoms with Crippen molar-refractivity contribution in [1.29, 1.82) is 0 Å². The first kappa shape index (κ1) is 21.4. The van der Waals surface area contributed by atoms with E-state index in [2.05, 4.69) is 48.3 Å². The van der Waals surface area contributed by atoms with Crippen LogP contribution < -0.4 is 10.1 Å². The van der Waals surface area contributed by atoms with Gasteiger partial charge in [0.15, 0.2) is 5.11 Å². The van der Waals surface area contributed by atoms with Gasteiger partial charge in [0, 0.05) is 18.7 Å². The van der Waals surface area contributed by atoms with E-state index in [1.165, 1.54) is 0 Å². The highest BCUT2D eigenvalue weighted by atomic mass is 79.9. The number of rotatable bonds is 9. The zero-order valence-corrected chi connectivity index (χ0v) is 17.2. The minimum atomic E-state index is -0.266. The van der Waals surface area contributed by atoms with Crippen LogP contribution in [0, 0.1) is 5.92 Å². The molecular weight excluding hydrogens is 400 g/mol. The molecule has 1 N–H and O–H groups in total. The normalized spacial score (nSPS) is 10.2. The fourth-order valence-corrected chi connectivity index (χ4v) is 2.70. The van der Waals surface area contributed by atoms with Crippen molar-refractivity contribution in [3.63, 3.8) is 0 Å². The molecule has 0 aromatic heterocycles. The molecule has 1 aromatic rings. The summed E-state index contributed by atoms with van der Waals surface area (Å²) in [5.74, 6) is 1.04. The molecule has 0 radical (unpaired) electrons. The zero-order chi connectivity index (χ0) is 18.8. The van der Waals surface area contributed by atoms with Crippen LogP contribution in [0.15, 0.2) is 48.0 Å². The lowest BCUT2D eigenvalue weighted by atomic mass is 10.1. The van der Waals surface area contributed by atoms with E-state index in [1.54, 1.807) is 35.3 Å². The first-order valence-corrected chi connectivity index (χ1v) is 9.33. The van der Waals surface area contributed by atoms with Crippen LogP contribution in [0.2, 0.25) is 0 Å². The third-order valence-electron chi connectivity index (χ3n) is 3.35. The molecular formula is C19H25BrN2O2S. The Labute approximate surface area is 164 Å². The van der Waals surface area contributed by atoms with Gasteiger partial charge < -0.3 is 9.64 Å². The lowest BCUT2D eigenvalue weighted by molar-refractivity contribution is 0.0974. The Hall–Kier alpha value is -1.66. The van der Waals surface area contributed by atoms with Gasteiger partial charge in [0.2, 0.25) is 0 Å². The molecule has 0 bridgehead atoms. The summed E-state index contributed by atoms with van der Waals surface area (Å²) < 4.78 is 6.47. The van der Waals surface area contributed by atoms with Crippen molar-refractivity contribution in [2.45, 2.75) is 20.3 Å². The Morgan fingerprint density at radius 1 is 1.36 bits per heavy atom. The lowest BCUT2D eigenvalue weighted by Crippen LogP contribution is -2.42. The number of halogens is 1. The Morgan fingerprint density at radius 2 is 2.00 bits per heavy atom. The van der Waals surface area contributed by atoms with Gasteiger partial charge in [0.1, 0.15) is 5.75 Å². The first-order chi connectivity index (χ1) is 11.9. The molecule has 0 saturated heterocycles. The van der Waals surface area contributed by atoms with Gasteiger partial charge in [-0.1, -0.05) is 26.0 Å². The number of benzene rings is 1. The average Bonchev–Trinajstić information content (AvgIpc) is 2.55. The van der Waals surface area contributed by atoms with Crippen LogP contribution in [-0.2, 0) is 0 Å². The monoisotopic (exact) mass is 424 g/mol. The molecule has 0 spiro atoms. The maximum absolute atomic E-state index is 12.4. The van der Waals surface area contributed by atoms with Crippen molar-refractivity contribution in [2.24, 2.45) is 5.92 Å². The highest BCUT2D eigenvalue weighted by Gasteiger charge is 2.14. The van der Waals surface area contributed by atoms with Crippen LogP contribution in [0.5, 0.6) is 5.75 Å². The van der Waals surface area contributed by atoms with E-state index in [9.17, 15) is 4.79 Å². The Kier molecular flexibility index (Phi) is 9.45. The second-order valence-electron chi connectivity index (χ2n) is 5.92. The summed E-state index contributed by atoms with van der Waals surface area (Å²) in [6.45, 7) is 13.4. The van der Waals surface area contributed by atoms with Crippen LogP contribution in [0.3, 0.4) is 0 Å². The van der Waals surface area contributed by atoms with Gasteiger partial charge in [-0.3, -0.25) is 10.1 Å². The molecule has 0 fully saturated rings. The van der Waals surface area contributed by atoms with Crippen molar-refractivity contribution < 1.29 is 9.53 Å². The molecule has 1 rings (SSSR count). The molecule has 1 amide bonds. The fraction of sp³-hybridized carbons (Fsp3) is 0.368. The van der Waals surface area contributed by atoms with E-state index in [1.807, 2.05) is 0 Å². The van der Waals surface area contributed by atoms with Crippen molar-refractivity contribution in [3.8, 4) is 5.75 Å². The predicted octanol–water partition coefficient (Wildman–Crippen LogP) is 4.56. The van der Waals surface area contributed by atoms with E-state index < -0.39 is 0 Å². The number of hydrogen-bond acceptors (Lipinski definition) is 3. The van der Waals surface area contributed by atoms with E-state index in [0.29, 0.717) is 36.3 Å². The number of nitrogens with one attached hydrogen (secondary N) is 1. The topological polar surface area (TPSA) is 41.6 Å². The summed E-state index contributed by atoms with van der Waals surface area (Å²) in [6, 6.07) is 5.24. The number of hydrogen-bond donors (Lipinski definition) is 1. The highest BCUT2D eigenvalue weighted by molar-refractivity contribution is 9.10. The first-order valence-electron chi connectivity index (χ1n) is 8.13. The molecule has 0 aliphatic carbocycles. The zero-order valence-electron chi connectivity index (χ0n) is 14.8. The second-order valence-corrected chi connectivity index (χ2v) is 7.16. The molecule has 4 nitrogen and oxygen atoms in total. The standard InChI is InChI=1S/C19H25BrN2O2S/c1-5-10-22(11-6-2)19(25)21-18(23)15-7-8-17(16(20)13-15)24-12-9-14(3)4/h5-8,13-14H,1-2,9-12H2,3-4H3,(H,21,23,25). The maximum atomic E-state index is 12.4. The number of amides is 1. The molecule has 0 saturated carbocycles. The van der Waals surface area contributed by atoms with Gasteiger partial charge in [-0.05, 0) is 58.7 Å². The largest absolute Gasteiger partial charge is 0.492 e. The van der Waals surface area contributed by atoms with Gasteiger partial charge in [-0.15, -0.1) is 13.2 Å². The van der Waals surface area contributed by atoms with Crippen molar-refractivity contribution in [2.75, 3.05) is 19.7 Å². The molecule has 25 heavy (non-hydrogen) atoms. The van der Waals surface area contributed by atoms with Gasteiger partial charge in [0.05, 0.1) is 11.1 Å². The molecule has 0 aliphatic rings. The van der Waals surface area contributed by atoms with Gasteiger partial charge in [-0.2, -0.15) is 0 Å². The Bertz CT molecular complexity index is 622. The minimum absolute atomic E-state index is 0.266. The molecule has 0 unspecified atom stereocenters. The summed E-state index contributed by atoms with van der Waals surface area (Å²) in [7, 11) is 0. The van der Waals surface area contributed by atoms with Crippen LogP contribution in [0.4, 0.5) is 0 Å². The highest BCUT2D eigenvalue weighted by Crippen LogP contribution is 2.26. The smallest absolute Gasteiger partial charge is 0.257 e. The lowest BCUT2D eigenvalue weighted by Gasteiger charge is -2.22. The molecule has 0 atom stereocenters.